The molecule has 86 valence electrons. The molecule has 1 amide bonds. The second-order valence-corrected chi connectivity index (χ2v) is 3.20. The average molecular weight is 219 g/mol. The number of hydrogen-bond donors (Lipinski definition) is 1. The number of likely N-dealkylation sites (N-methyl/N-ethyl adjacent to an activating group) is 1. The number of rotatable bonds is 5. The van der Waals surface area contributed by atoms with E-state index in [1.54, 1.807) is 6.08 Å². The van der Waals surface area contributed by atoms with Crippen LogP contribution in [0, 0.1) is 0 Å². The van der Waals surface area contributed by atoms with Crippen molar-refractivity contribution in [1.29, 1.82) is 0 Å². The van der Waals surface area contributed by atoms with E-state index < -0.39 is 0 Å². The average Bonchev–Trinajstić information content (AvgIpc) is 2.29. The minimum atomic E-state index is -0.0891. The Bertz CT molecular complexity index is 372. The van der Waals surface area contributed by atoms with E-state index in [9.17, 15) is 4.79 Å². The van der Waals surface area contributed by atoms with Gasteiger partial charge in [0.2, 0.25) is 5.91 Å². The van der Waals surface area contributed by atoms with Crippen molar-refractivity contribution < 1.29 is 9.53 Å². The van der Waals surface area contributed by atoms with Gasteiger partial charge >= 0.3 is 0 Å². The molecule has 0 heterocycles. The molecule has 0 aliphatic rings. The van der Waals surface area contributed by atoms with Crippen molar-refractivity contribution in [3.63, 3.8) is 0 Å². The van der Waals surface area contributed by atoms with E-state index in [-0.39, 0.29) is 5.91 Å². The zero-order chi connectivity index (χ0) is 11.8. The molecular weight excluding hydrogens is 202 g/mol. The van der Waals surface area contributed by atoms with Gasteiger partial charge in [0.05, 0.1) is 6.61 Å². The Labute approximate surface area is 96.1 Å². The topological polar surface area (TPSA) is 38.3 Å². The fraction of sp³-hybridized carbons (Fsp3) is 0.308. The number of benzene rings is 1. The van der Waals surface area contributed by atoms with Gasteiger partial charge in [-0.1, -0.05) is 18.2 Å². The van der Waals surface area contributed by atoms with E-state index in [1.165, 1.54) is 6.08 Å². The van der Waals surface area contributed by atoms with Crippen molar-refractivity contribution in [2.24, 2.45) is 0 Å². The summed E-state index contributed by atoms with van der Waals surface area (Å²) < 4.78 is 5.45. The lowest BCUT2D eigenvalue weighted by atomic mass is 10.2. The molecule has 0 atom stereocenters. The van der Waals surface area contributed by atoms with Gasteiger partial charge in [0.15, 0.2) is 0 Å². The largest absolute Gasteiger partial charge is 0.493 e. The minimum absolute atomic E-state index is 0.0891. The molecule has 0 spiro atoms. The van der Waals surface area contributed by atoms with Gasteiger partial charge in [-0.2, -0.15) is 0 Å². The van der Waals surface area contributed by atoms with Crippen molar-refractivity contribution in [3.8, 4) is 5.75 Å². The third kappa shape index (κ3) is 3.77. The predicted molar refractivity (Wildman–Crippen MR) is 65.3 cm³/mol. The Kier molecular flexibility index (Phi) is 5.12. The summed E-state index contributed by atoms with van der Waals surface area (Å²) in [5.74, 6) is 0.708. The molecule has 3 heteroatoms. The van der Waals surface area contributed by atoms with Crippen LogP contribution in [0.3, 0.4) is 0 Å². The van der Waals surface area contributed by atoms with Crippen LogP contribution >= 0.6 is 0 Å². The number of para-hydroxylation sites is 1. The minimum Gasteiger partial charge on any atom is -0.493 e. The number of nitrogens with one attached hydrogen (secondary N) is 1. The molecule has 0 saturated heterocycles. The van der Waals surface area contributed by atoms with Crippen LogP contribution in [0.15, 0.2) is 30.3 Å². The zero-order valence-corrected chi connectivity index (χ0v) is 9.69. The molecular formula is C13H17NO2. The zero-order valence-electron chi connectivity index (χ0n) is 9.69. The summed E-state index contributed by atoms with van der Waals surface area (Å²) in [5, 5.41) is 2.70. The van der Waals surface area contributed by atoms with Crippen LogP contribution < -0.4 is 10.1 Å². The molecule has 0 fully saturated rings. The van der Waals surface area contributed by atoms with Gasteiger partial charge in [-0.05, 0) is 26.0 Å². The summed E-state index contributed by atoms with van der Waals surface area (Å²) in [6.45, 7) is 5.08. The summed E-state index contributed by atoms with van der Waals surface area (Å²) in [7, 11) is 0. The van der Waals surface area contributed by atoms with E-state index in [0.717, 1.165) is 11.3 Å². The maximum atomic E-state index is 11.2. The summed E-state index contributed by atoms with van der Waals surface area (Å²) in [5.41, 5.74) is 0.913. The van der Waals surface area contributed by atoms with Gasteiger partial charge in [-0.3, -0.25) is 4.79 Å². The monoisotopic (exact) mass is 219 g/mol. The molecule has 3 nitrogen and oxygen atoms in total. The van der Waals surface area contributed by atoms with Crippen molar-refractivity contribution in [2.75, 3.05) is 13.2 Å². The second-order valence-electron chi connectivity index (χ2n) is 3.20. The van der Waals surface area contributed by atoms with Crippen molar-refractivity contribution >= 4 is 12.0 Å². The molecule has 0 bridgehead atoms. The van der Waals surface area contributed by atoms with Gasteiger partial charge in [0.25, 0.3) is 0 Å². The van der Waals surface area contributed by atoms with Gasteiger partial charge < -0.3 is 10.1 Å². The summed E-state index contributed by atoms with van der Waals surface area (Å²) in [4.78, 5) is 11.2. The van der Waals surface area contributed by atoms with E-state index in [1.807, 2.05) is 38.1 Å². The highest BCUT2D eigenvalue weighted by Crippen LogP contribution is 2.19. The molecule has 1 aromatic rings. The second kappa shape index (κ2) is 6.67. The summed E-state index contributed by atoms with van der Waals surface area (Å²) in [6, 6.07) is 7.63. The third-order valence-electron chi connectivity index (χ3n) is 1.98. The van der Waals surface area contributed by atoms with Crippen LogP contribution in [0.2, 0.25) is 0 Å². The van der Waals surface area contributed by atoms with Crippen LogP contribution in [0.4, 0.5) is 0 Å². The van der Waals surface area contributed by atoms with Crippen LogP contribution in [-0.4, -0.2) is 19.1 Å². The van der Waals surface area contributed by atoms with Gasteiger partial charge in [-0.25, -0.2) is 0 Å². The number of carbonyl (C=O) groups excluding carboxylic acids is 1. The fourth-order valence-corrected chi connectivity index (χ4v) is 1.30. The van der Waals surface area contributed by atoms with Crippen molar-refractivity contribution in [2.45, 2.75) is 13.8 Å². The number of hydrogen-bond acceptors (Lipinski definition) is 2. The number of amides is 1. The van der Waals surface area contributed by atoms with Crippen LogP contribution in [0.1, 0.15) is 19.4 Å². The molecule has 0 unspecified atom stereocenters. The number of ether oxygens (including phenoxy) is 1. The maximum absolute atomic E-state index is 11.2. The smallest absolute Gasteiger partial charge is 0.243 e. The number of carbonyl (C=O) groups is 1. The molecule has 1 rings (SSSR count). The molecule has 1 N–H and O–H groups in total. The maximum Gasteiger partial charge on any atom is 0.243 e. The molecule has 0 aromatic heterocycles. The van der Waals surface area contributed by atoms with Gasteiger partial charge in [-0.15, -0.1) is 0 Å². The third-order valence-corrected chi connectivity index (χ3v) is 1.98. The van der Waals surface area contributed by atoms with Crippen LogP contribution in [0.5, 0.6) is 5.75 Å². The van der Waals surface area contributed by atoms with Crippen molar-refractivity contribution in [1.82, 2.24) is 5.32 Å². The fourth-order valence-electron chi connectivity index (χ4n) is 1.30. The van der Waals surface area contributed by atoms with E-state index in [2.05, 4.69) is 5.32 Å². The van der Waals surface area contributed by atoms with Gasteiger partial charge in [0.1, 0.15) is 5.75 Å². The highest BCUT2D eigenvalue weighted by molar-refractivity contribution is 5.92. The molecule has 16 heavy (non-hydrogen) atoms. The Morgan fingerprint density at radius 1 is 1.38 bits per heavy atom. The van der Waals surface area contributed by atoms with Crippen LogP contribution in [0.25, 0.3) is 6.08 Å². The first kappa shape index (κ1) is 12.3. The standard InChI is InChI=1S/C13H17NO2/c1-3-14-13(15)10-9-11-7-5-6-8-12(11)16-4-2/h5-10H,3-4H2,1-2H3,(H,14,15)/b10-9+. The quantitative estimate of drug-likeness (QED) is 0.771. The first-order chi connectivity index (χ1) is 7.77. The molecule has 0 aliphatic heterocycles. The lowest BCUT2D eigenvalue weighted by molar-refractivity contribution is -0.116. The van der Waals surface area contributed by atoms with E-state index in [0.29, 0.717) is 13.2 Å². The summed E-state index contributed by atoms with van der Waals surface area (Å²) in [6.07, 6.45) is 3.28. The van der Waals surface area contributed by atoms with Crippen LogP contribution in [-0.2, 0) is 4.79 Å². The molecule has 0 radical (unpaired) electrons. The highest BCUT2D eigenvalue weighted by Gasteiger charge is 1.99. The van der Waals surface area contributed by atoms with E-state index in [4.69, 9.17) is 4.74 Å². The Hall–Kier alpha value is -1.77. The SMILES string of the molecule is CCNC(=O)/C=C/c1ccccc1OCC. The predicted octanol–water partition coefficient (Wildman–Crippen LogP) is 2.23. The molecule has 1 aromatic carbocycles. The molecule has 0 aliphatic carbocycles. The normalized spacial score (nSPS) is 10.4. The Balaban J connectivity index is 2.75. The Morgan fingerprint density at radius 2 is 2.12 bits per heavy atom. The first-order valence-electron chi connectivity index (χ1n) is 5.45. The lowest BCUT2D eigenvalue weighted by Gasteiger charge is -2.06. The van der Waals surface area contributed by atoms with E-state index >= 15 is 0 Å². The Morgan fingerprint density at radius 3 is 2.81 bits per heavy atom. The summed E-state index contributed by atoms with van der Waals surface area (Å²) >= 11 is 0. The lowest BCUT2D eigenvalue weighted by Crippen LogP contribution is -2.19. The highest BCUT2D eigenvalue weighted by atomic mass is 16.5. The molecule has 0 saturated carbocycles. The van der Waals surface area contributed by atoms with Crippen molar-refractivity contribution in [3.05, 3.63) is 35.9 Å². The van der Waals surface area contributed by atoms with Gasteiger partial charge in [0, 0.05) is 18.2 Å². The first-order valence-corrected chi connectivity index (χ1v) is 5.45.